The van der Waals surface area contributed by atoms with Crippen molar-refractivity contribution < 1.29 is 9.90 Å². The van der Waals surface area contributed by atoms with E-state index in [1.807, 2.05) is 36.1 Å². The quantitative estimate of drug-likeness (QED) is 0.767. The minimum atomic E-state index is -0.0515. The molecule has 0 aliphatic carbocycles. The zero-order chi connectivity index (χ0) is 12.7. The van der Waals surface area contributed by atoms with Crippen molar-refractivity contribution in [2.75, 3.05) is 31.6 Å². The molecule has 0 atom stereocenters. The molecule has 4 nitrogen and oxygen atoms in total. The summed E-state index contributed by atoms with van der Waals surface area (Å²) in [6.07, 6.45) is 0. The van der Waals surface area contributed by atoms with Crippen LogP contribution < -0.4 is 5.32 Å². The molecule has 0 heterocycles. The highest BCUT2D eigenvalue weighted by Gasteiger charge is 2.09. The molecule has 0 unspecified atom stereocenters. The number of carbonyl (C=O) groups is 1. The second-order valence-corrected chi connectivity index (χ2v) is 4.78. The van der Waals surface area contributed by atoms with Gasteiger partial charge >= 0.3 is 0 Å². The number of aliphatic hydroxyl groups excluding tert-OH is 1. The number of aliphatic hydroxyl groups is 1. The number of hydrogen-bond acceptors (Lipinski definition) is 3. The lowest BCUT2D eigenvalue weighted by Crippen LogP contribution is -2.35. The van der Waals surface area contributed by atoms with Crippen molar-refractivity contribution in [2.45, 2.75) is 6.92 Å². The summed E-state index contributed by atoms with van der Waals surface area (Å²) in [6.45, 7) is 3.62. The lowest BCUT2D eigenvalue weighted by Gasteiger charge is -2.18. The Kier molecular flexibility index (Phi) is 6.46. The highest BCUT2D eigenvalue weighted by atomic mass is 127. The van der Waals surface area contributed by atoms with Gasteiger partial charge in [0.05, 0.1) is 18.8 Å². The maximum Gasteiger partial charge on any atom is 0.238 e. The van der Waals surface area contributed by atoms with E-state index < -0.39 is 0 Å². The van der Waals surface area contributed by atoms with Gasteiger partial charge in [-0.1, -0.05) is 19.1 Å². The molecule has 0 radical (unpaired) electrons. The molecule has 0 spiro atoms. The van der Waals surface area contributed by atoms with Crippen LogP contribution in [0.5, 0.6) is 0 Å². The number of rotatable bonds is 6. The van der Waals surface area contributed by atoms with E-state index in [-0.39, 0.29) is 12.5 Å². The van der Waals surface area contributed by atoms with Gasteiger partial charge in [0.2, 0.25) is 5.91 Å². The third-order valence-electron chi connectivity index (χ3n) is 2.38. The van der Waals surface area contributed by atoms with E-state index in [9.17, 15) is 4.79 Å². The van der Waals surface area contributed by atoms with Gasteiger partial charge in [0, 0.05) is 10.1 Å². The fourth-order valence-corrected chi connectivity index (χ4v) is 1.97. The maximum atomic E-state index is 11.8. The molecule has 17 heavy (non-hydrogen) atoms. The molecule has 1 aromatic rings. The van der Waals surface area contributed by atoms with Crippen LogP contribution >= 0.6 is 22.6 Å². The van der Waals surface area contributed by atoms with E-state index in [4.69, 9.17) is 5.11 Å². The number of nitrogens with zero attached hydrogens (tertiary/aromatic N) is 1. The van der Waals surface area contributed by atoms with Crippen molar-refractivity contribution in [2.24, 2.45) is 0 Å². The molecular weight excluding hydrogens is 331 g/mol. The summed E-state index contributed by atoms with van der Waals surface area (Å²) in [5.74, 6) is -0.0515. The molecule has 0 bridgehead atoms. The molecule has 1 aromatic carbocycles. The molecule has 1 rings (SSSR count). The van der Waals surface area contributed by atoms with Gasteiger partial charge in [-0.15, -0.1) is 0 Å². The average molecular weight is 348 g/mol. The molecule has 0 aliphatic rings. The summed E-state index contributed by atoms with van der Waals surface area (Å²) >= 11 is 2.19. The van der Waals surface area contributed by atoms with Crippen LogP contribution in [0.4, 0.5) is 5.69 Å². The number of amides is 1. The largest absolute Gasteiger partial charge is 0.395 e. The van der Waals surface area contributed by atoms with E-state index >= 15 is 0 Å². The molecule has 0 aromatic heterocycles. The highest BCUT2D eigenvalue weighted by molar-refractivity contribution is 14.1. The normalized spacial score (nSPS) is 10.6. The molecule has 0 saturated heterocycles. The zero-order valence-corrected chi connectivity index (χ0v) is 12.0. The smallest absolute Gasteiger partial charge is 0.238 e. The highest BCUT2D eigenvalue weighted by Crippen LogP contribution is 2.16. The van der Waals surface area contributed by atoms with Crippen molar-refractivity contribution >= 4 is 34.2 Å². The van der Waals surface area contributed by atoms with Gasteiger partial charge in [-0.05, 0) is 41.3 Å². The van der Waals surface area contributed by atoms with Gasteiger partial charge < -0.3 is 10.4 Å². The Morgan fingerprint density at radius 2 is 2.18 bits per heavy atom. The Balaban J connectivity index is 2.52. The van der Waals surface area contributed by atoms with Gasteiger partial charge in [0.25, 0.3) is 0 Å². The Bertz CT molecular complexity index is 371. The van der Waals surface area contributed by atoms with Crippen molar-refractivity contribution in [1.29, 1.82) is 0 Å². The third kappa shape index (κ3) is 5.01. The first-order chi connectivity index (χ1) is 8.17. The van der Waals surface area contributed by atoms with Gasteiger partial charge in [-0.3, -0.25) is 9.69 Å². The number of likely N-dealkylation sites (N-methyl/N-ethyl adjacent to an activating group) is 1. The van der Waals surface area contributed by atoms with Gasteiger partial charge in [-0.25, -0.2) is 0 Å². The predicted octanol–water partition coefficient (Wildman–Crippen LogP) is 1.54. The lowest BCUT2D eigenvalue weighted by molar-refractivity contribution is -0.117. The van der Waals surface area contributed by atoms with Gasteiger partial charge in [0.1, 0.15) is 0 Å². The van der Waals surface area contributed by atoms with Crippen LogP contribution in [0.25, 0.3) is 0 Å². The summed E-state index contributed by atoms with van der Waals surface area (Å²) in [5, 5.41) is 11.7. The van der Waals surface area contributed by atoms with Crippen LogP contribution in [0.15, 0.2) is 24.3 Å². The number of anilines is 1. The van der Waals surface area contributed by atoms with Crippen molar-refractivity contribution in [1.82, 2.24) is 4.90 Å². The standard InChI is InChI=1S/C12H17IN2O2/c1-2-15(7-8-16)9-12(17)14-11-6-4-3-5-10(11)13/h3-6,16H,2,7-9H2,1H3,(H,14,17). The van der Waals surface area contributed by atoms with E-state index in [0.29, 0.717) is 13.1 Å². The van der Waals surface area contributed by atoms with Crippen molar-refractivity contribution in [3.05, 3.63) is 27.8 Å². The predicted molar refractivity (Wildman–Crippen MR) is 77.0 cm³/mol. The molecule has 1 amide bonds. The molecule has 5 heteroatoms. The third-order valence-corrected chi connectivity index (χ3v) is 3.32. The van der Waals surface area contributed by atoms with Crippen LogP contribution in [-0.2, 0) is 4.79 Å². The van der Waals surface area contributed by atoms with E-state index in [1.54, 1.807) is 0 Å². The molecule has 94 valence electrons. The molecule has 0 saturated carbocycles. The molecule has 2 N–H and O–H groups in total. The zero-order valence-electron chi connectivity index (χ0n) is 9.82. The summed E-state index contributed by atoms with van der Waals surface area (Å²) in [6, 6.07) is 7.65. The Labute approximate surface area is 115 Å². The summed E-state index contributed by atoms with van der Waals surface area (Å²) in [7, 11) is 0. The first-order valence-corrected chi connectivity index (χ1v) is 6.62. The van der Waals surface area contributed by atoms with Crippen LogP contribution in [0.2, 0.25) is 0 Å². The number of para-hydroxylation sites is 1. The minimum absolute atomic E-state index is 0.0515. The molecule has 0 aliphatic heterocycles. The lowest BCUT2D eigenvalue weighted by atomic mass is 10.3. The maximum absolute atomic E-state index is 11.8. The van der Waals surface area contributed by atoms with Crippen LogP contribution in [0, 0.1) is 3.57 Å². The first-order valence-electron chi connectivity index (χ1n) is 5.55. The van der Waals surface area contributed by atoms with Crippen molar-refractivity contribution in [3.8, 4) is 0 Å². The number of carbonyl (C=O) groups excluding carboxylic acids is 1. The average Bonchev–Trinajstić information content (AvgIpc) is 2.31. The molecule has 0 fully saturated rings. The van der Waals surface area contributed by atoms with E-state index in [1.165, 1.54) is 0 Å². The number of benzene rings is 1. The van der Waals surface area contributed by atoms with Crippen LogP contribution in [-0.4, -0.2) is 42.2 Å². The number of hydrogen-bond donors (Lipinski definition) is 2. The van der Waals surface area contributed by atoms with Gasteiger partial charge in [0.15, 0.2) is 0 Å². The summed E-state index contributed by atoms with van der Waals surface area (Å²) in [4.78, 5) is 13.7. The van der Waals surface area contributed by atoms with Crippen LogP contribution in [0.1, 0.15) is 6.92 Å². The van der Waals surface area contributed by atoms with E-state index in [2.05, 4.69) is 27.9 Å². The Morgan fingerprint density at radius 3 is 2.76 bits per heavy atom. The fourth-order valence-electron chi connectivity index (χ4n) is 1.45. The number of nitrogens with one attached hydrogen (secondary N) is 1. The van der Waals surface area contributed by atoms with Gasteiger partial charge in [-0.2, -0.15) is 0 Å². The SMILES string of the molecule is CCN(CCO)CC(=O)Nc1ccccc1I. The minimum Gasteiger partial charge on any atom is -0.395 e. The second kappa shape index (κ2) is 7.62. The molecular formula is C12H17IN2O2. The topological polar surface area (TPSA) is 52.6 Å². The number of halogens is 1. The van der Waals surface area contributed by atoms with E-state index in [0.717, 1.165) is 15.8 Å². The second-order valence-electron chi connectivity index (χ2n) is 3.62. The first kappa shape index (κ1) is 14.4. The van der Waals surface area contributed by atoms with Crippen molar-refractivity contribution in [3.63, 3.8) is 0 Å². The van der Waals surface area contributed by atoms with Crippen LogP contribution in [0.3, 0.4) is 0 Å². The monoisotopic (exact) mass is 348 g/mol. The summed E-state index contributed by atoms with van der Waals surface area (Å²) in [5.41, 5.74) is 0.832. The Hall–Kier alpha value is -0.660. The summed E-state index contributed by atoms with van der Waals surface area (Å²) < 4.78 is 1.02. The fraction of sp³-hybridized carbons (Fsp3) is 0.417. The Morgan fingerprint density at radius 1 is 1.47 bits per heavy atom.